The van der Waals surface area contributed by atoms with Crippen molar-refractivity contribution in [3.63, 3.8) is 0 Å². The van der Waals surface area contributed by atoms with Crippen LogP contribution in [0.1, 0.15) is 0 Å². The average molecular weight is 345 g/mol. The van der Waals surface area contributed by atoms with Crippen molar-refractivity contribution in [3.8, 4) is 11.6 Å². The molecule has 3 aromatic rings. The SMILES string of the molecule is O=[N+]([O-])c1ccnc(Oc2ccc3cc(Br)ccc3c2)c1. The molecule has 0 fully saturated rings. The Bertz CT molecular complexity index is 836. The van der Waals surface area contributed by atoms with E-state index in [1.807, 2.05) is 30.3 Å². The minimum absolute atomic E-state index is 0.0512. The van der Waals surface area contributed by atoms with Crippen LogP contribution in [0.5, 0.6) is 11.6 Å². The first-order chi connectivity index (χ1) is 10.1. The van der Waals surface area contributed by atoms with Gasteiger partial charge in [0.25, 0.3) is 5.69 Å². The summed E-state index contributed by atoms with van der Waals surface area (Å²) in [6.45, 7) is 0. The van der Waals surface area contributed by atoms with Gasteiger partial charge in [0.05, 0.1) is 11.0 Å². The Morgan fingerprint density at radius 2 is 1.81 bits per heavy atom. The standard InChI is InChI=1S/C15H9BrN2O3/c16-12-3-1-11-8-14(4-2-10(11)7-12)21-15-9-13(18(19)20)5-6-17-15/h1-9H. The van der Waals surface area contributed by atoms with Crippen LogP contribution in [0.25, 0.3) is 10.8 Å². The van der Waals surface area contributed by atoms with Crippen LogP contribution in [0, 0.1) is 10.1 Å². The van der Waals surface area contributed by atoms with E-state index in [2.05, 4.69) is 20.9 Å². The molecule has 0 saturated carbocycles. The Kier molecular flexibility index (Phi) is 3.53. The van der Waals surface area contributed by atoms with Gasteiger partial charge in [-0.25, -0.2) is 4.98 Å². The van der Waals surface area contributed by atoms with Crippen LogP contribution in [-0.4, -0.2) is 9.91 Å². The van der Waals surface area contributed by atoms with Crippen molar-refractivity contribution in [2.45, 2.75) is 0 Å². The smallest absolute Gasteiger partial charge is 0.276 e. The van der Waals surface area contributed by atoms with Crippen molar-refractivity contribution in [2.24, 2.45) is 0 Å². The number of pyridine rings is 1. The first-order valence-electron chi connectivity index (χ1n) is 6.09. The van der Waals surface area contributed by atoms with Crippen molar-refractivity contribution in [3.05, 3.63) is 69.3 Å². The first kappa shape index (κ1) is 13.5. The van der Waals surface area contributed by atoms with Gasteiger partial charge in [-0.15, -0.1) is 0 Å². The summed E-state index contributed by atoms with van der Waals surface area (Å²) in [6, 6.07) is 14.1. The molecule has 0 bridgehead atoms. The zero-order chi connectivity index (χ0) is 14.8. The first-order valence-corrected chi connectivity index (χ1v) is 6.89. The molecule has 21 heavy (non-hydrogen) atoms. The molecule has 0 N–H and O–H groups in total. The minimum Gasteiger partial charge on any atom is -0.439 e. The largest absolute Gasteiger partial charge is 0.439 e. The number of halogens is 1. The van der Waals surface area contributed by atoms with Gasteiger partial charge in [0.2, 0.25) is 5.88 Å². The van der Waals surface area contributed by atoms with Crippen LogP contribution < -0.4 is 4.74 Å². The predicted octanol–water partition coefficient (Wildman–Crippen LogP) is 4.70. The molecular formula is C15H9BrN2O3. The number of ether oxygens (including phenoxy) is 1. The normalized spacial score (nSPS) is 10.5. The summed E-state index contributed by atoms with van der Waals surface area (Å²) in [5.74, 6) is 0.776. The summed E-state index contributed by atoms with van der Waals surface area (Å²) in [5, 5.41) is 12.8. The van der Waals surface area contributed by atoms with Gasteiger partial charge >= 0.3 is 0 Å². The molecule has 0 spiro atoms. The molecular weight excluding hydrogens is 336 g/mol. The molecule has 0 aliphatic rings. The second-order valence-corrected chi connectivity index (χ2v) is 5.28. The molecule has 0 radical (unpaired) electrons. The number of nitro groups is 1. The predicted molar refractivity (Wildman–Crippen MR) is 82.6 cm³/mol. The Morgan fingerprint density at radius 3 is 2.62 bits per heavy atom. The van der Waals surface area contributed by atoms with Crippen LogP contribution in [0.3, 0.4) is 0 Å². The highest BCUT2D eigenvalue weighted by Gasteiger charge is 2.08. The number of hydrogen-bond acceptors (Lipinski definition) is 4. The molecule has 2 aromatic carbocycles. The van der Waals surface area contributed by atoms with Gasteiger partial charge < -0.3 is 4.74 Å². The van der Waals surface area contributed by atoms with Gasteiger partial charge in [0.15, 0.2) is 0 Å². The second kappa shape index (κ2) is 5.49. The molecule has 0 aliphatic carbocycles. The molecule has 104 valence electrons. The summed E-state index contributed by atoms with van der Waals surface area (Å²) in [7, 11) is 0. The van der Waals surface area contributed by atoms with Gasteiger partial charge in [0.1, 0.15) is 5.75 Å². The van der Waals surface area contributed by atoms with E-state index in [1.165, 1.54) is 18.3 Å². The molecule has 3 rings (SSSR count). The number of fused-ring (bicyclic) bond motifs is 1. The molecule has 6 heteroatoms. The number of rotatable bonds is 3. The highest BCUT2D eigenvalue weighted by atomic mass is 79.9. The van der Waals surface area contributed by atoms with Crippen LogP contribution in [0.4, 0.5) is 5.69 Å². The van der Waals surface area contributed by atoms with Crippen LogP contribution in [0.15, 0.2) is 59.2 Å². The zero-order valence-electron chi connectivity index (χ0n) is 10.7. The van der Waals surface area contributed by atoms with Crippen molar-refractivity contribution >= 4 is 32.4 Å². The molecule has 0 amide bonds. The topological polar surface area (TPSA) is 65.3 Å². The number of aromatic nitrogens is 1. The van der Waals surface area contributed by atoms with Gasteiger partial charge in [-0.2, -0.15) is 0 Å². The van der Waals surface area contributed by atoms with E-state index in [0.29, 0.717) is 5.75 Å². The van der Waals surface area contributed by atoms with Gasteiger partial charge in [0, 0.05) is 16.7 Å². The van der Waals surface area contributed by atoms with E-state index in [0.717, 1.165) is 15.2 Å². The van der Waals surface area contributed by atoms with Crippen LogP contribution in [-0.2, 0) is 0 Å². The summed E-state index contributed by atoms with van der Waals surface area (Å²) < 4.78 is 6.58. The van der Waals surface area contributed by atoms with Crippen molar-refractivity contribution in [1.82, 2.24) is 4.98 Å². The highest BCUT2D eigenvalue weighted by Crippen LogP contribution is 2.27. The molecule has 0 saturated heterocycles. The zero-order valence-corrected chi connectivity index (χ0v) is 12.3. The molecule has 0 aliphatic heterocycles. The van der Waals surface area contributed by atoms with Gasteiger partial charge in [-0.3, -0.25) is 10.1 Å². The molecule has 1 aromatic heterocycles. The highest BCUT2D eigenvalue weighted by molar-refractivity contribution is 9.10. The fourth-order valence-corrected chi connectivity index (χ4v) is 2.33. The lowest BCUT2D eigenvalue weighted by Gasteiger charge is -2.06. The monoisotopic (exact) mass is 344 g/mol. The Hall–Kier alpha value is -2.47. The van der Waals surface area contributed by atoms with Gasteiger partial charge in [-0.05, 0) is 35.0 Å². The number of benzene rings is 2. The van der Waals surface area contributed by atoms with E-state index < -0.39 is 4.92 Å². The molecule has 0 unspecified atom stereocenters. The van der Waals surface area contributed by atoms with Gasteiger partial charge in [-0.1, -0.05) is 28.1 Å². The summed E-state index contributed by atoms with van der Waals surface area (Å²) in [6.07, 6.45) is 1.35. The maximum absolute atomic E-state index is 10.7. The fraction of sp³-hybridized carbons (Fsp3) is 0. The average Bonchev–Trinajstić information content (AvgIpc) is 2.48. The lowest BCUT2D eigenvalue weighted by Crippen LogP contribution is -1.92. The number of hydrogen-bond donors (Lipinski definition) is 0. The van der Waals surface area contributed by atoms with Crippen molar-refractivity contribution < 1.29 is 9.66 Å². The third-order valence-electron chi connectivity index (χ3n) is 2.93. The van der Waals surface area contributed by atoms with Crippen LogP contribution >= 0.6 is 15.9 Å². The lowest BCUT2D eigenvalue weighted by atomic mass is 10.1. The summed E-state index contributed by atoms with van der Waals surface area (Å²) >= 11 is 3.42. The van der Waals surface area contributed by atoms with E-state index in [4.69, 9.17) is 4.74 Å². The molecule has 5 nitrogen and oxygen atoms in total. The van der Waals surface area contributed by atoms with Crippen molar-refractivity contribution in [1.29, 1.82) is 0 Å². The third-order valence-corrected chi connectivity index (χ3v) is 3.42. The maximum atomic E-state index is 10.7. The minimum atomic E-state index is -0.480. The fourth-order valence-electron chi connectivity index (χ4n) is 1.95. The third kappa shape index (κ3) is 3.00. The molecule has 1 heterocycles. The van der Waals surface area contributed by atoms with Crippen LogP contribution in [0.2, 0.25) is 0 Å². The van der Waals surface area contributed by atoms with Crippen molar-refractivity contribution in [2.75, 3.05) is 0 Å². The Morgan fingerprint density at radius 1 is 1.05 bits per heavy atom. The second-order valence-electron chi connectivity index (χ2n) is 4.36. The Balaban J connectivity index is 1.92. The quantitative estimate of drug-likeness (QED) is 0.510. The Labute approximate surface area is 128 Å². The van der Waals surface area contributed by atoms with E-state index in [1.54, 1.807) is 6.07 Å². The lowest BCUT2D eigenvalue weighted by molar-refractivity contribution is -0.385. The summed E-state index contributed by atoms with van der Waals surface area (Å²) in [4.78, 5) is 14.2. The molecule has 0 atom stereocenters. The van der Waals surface area contributed by atoms with E-state index >= 15 is 0 Å². The van der Waals surface area contributed by atoms with E-state index in [-0.39, 0.29) is 11.6 Å². The summed E-state index contributed by atoms with van der Waals surface area (Å²) in [5.41, 5.74) is -0.0512. The maximum Gasteiger partial charge on any atom is 0.276 e. The number of nitrogens with zero attached hydrogens (tertiary/aromatic N) is 2. The van der Waals surface area contributed by atoms with E-state index in [9.17, 15) is 10.1 Å².